The predicted octanol–water partition coefficient (Wildman–Crippen LogP) is -0.0887. The summed E-state index contributed by atoms with van der Waals surface area (Å²) < 4.78 is 1.20. The zero-order valence-corrected chi connectivity index (χ0v) is 14.3. The number of rotatable bonds is 2. The largest absolute Gasteiger partial charge is 0.323 e. The van der Waals surface area contributed by atoms with Crippen molar-refractivity contribution in [1.29, 1.82) is 0 Å². The summed E-state index contributed by atoms with van der Waals surface area (Å²) in [6.07, 6.45) is 3.40. The molecule has 0 aromatic carbocycles. The third kappa shape index (κ3) is 3.87. The fourth-order valence-electron chi connectivity index (χ4n) is 2.21. The average molecular weight is 351 g/mol. The van der Waals surface area contributed by atoms with Crippen molar-refractivity contribution in [3.63, 3.8) is 0 Å². The number of nitrogens with one attached hydrogen (secondary N) is 2. The van der Waals surface area contributed by atoms with Crippen LogP contribution in [0.2, 0.25) is 0 Å². The van der Waals surface area contributed by atoms with Gasteiger partial charge in [-0.05, 0) is 13.1 Å². The van der Waals surface area contributed by atoms with Gasteiger partial charge < -0.3 is 14.8 Å². The molecule has 0 spiro atoms. The van der Waals surface area contributed by atoms with Gasteiger partial charge in [0, 0.05) is 32.4 Å². The van der Waals surface area contributed by atoms with Crippen molar-refractivity contribution in [2.24, 2.45) is 0 Å². The van der Waals surface area contributed by atoms with Crippen LogP contribution in [0.15, 0.2) is 11.0 Å². The van der Waals surface area contributed by atoms with Gasteiger partial charge in [-0.25, -0.2) is 9.78 Å². The topological polar surface area (TPSA) is 81.3 Å². The summed E-state index contributed by atoms with van der Waals surface area (Å²) in [5.41, 5.74) is -0.156. The maximum Gasteiger partial charge on any atom is 0.323 e. The Hall–Kier alpha value is -1.97. The Morgan fingerprint density at radius 2 is 2.13 bits per heavy atom. The Morgan fingerprint density at radius 1 is 1.39 bits per heavy atom. The molecule has 1 aliphatic rings. The van der Waals surface area contributed by atoms with Gasteiger partial charge >= 0.3 is 6.03 Å². The lowest BCUT2D eigenvalue weighted by molar-refractivity contribution is 0.164. The van der Waals surface area contributed by atoms with Crippen LogP contribution in [0.25, 0.3) is 12.7 Å². The molecule has 1 saturated heterocycles. The van der Waals surface area contributed by atoms with Crippen molar-refractivity contribution in [1.82, 2.24) is 19.8 Å². The SMILES string of the molecule is C=c1[nH]c(=O)/c(=C/c2cnc(NC(=O)N3CCN(C)CC3)s2)s1. The number of piperazine rings is 1. The highest BCUT2D eigenvalue weighted by atomic mass is 32.1. The van der Waals surface area contributed by atoms with Crippen molar-refractivity contribution < 1.29 is 4.79 Å². The van der Waals surface area contributed by atoms with E-state index in [9.17, 15) is 9.59 Å². The fraction of sp³-hybridized carbons (Fsp3) is 0.357. The van der Waals surface area contributed by atoms with Crippen LogP contribution in [0.5, 0.6) is 0 Å². The Balaban J connectivity index is 1.69. The van der Waals surface area contributed by atoms with Gasteiger partial charge in [0.25, 0.3) is 5.56 Å². The number of hydrogen-bond donors (Lipinski definition) is 2. The third-order valence-electron chi connectivity index (χ3n) is 3.51. The number of aromatic nitrogens is 2. The molecule has 2 aromatic heterocycles. The predicted molar refractivity (Wildman–Crippen MR) is 93.5 cm³/mol. The highest BCUT2D eigenvalue weighted by molar-refractivity contribution is 7.16. The summed E-state index contributed by atoms with van der Waals surface area (Å²) >= 11 is 2.64. The van der Waals surface area contributed by atoms with Gasteiger partial charge in [0.2, 0.25) is 0 Å². The van der Waals surface area contributed by atoms with Crippen LogP contribution in [0.1, 0.15) is 4.88 Å². The van der Waals surface area contributed by atoms with E-state index in [-0.39, 0.29) is 11.6 Å². The van der Waals surface area contributed by atoms with Crippen LogP contribution < -0.4 is 20.1 Å². The van der Waals surface area contributed by atoms with E-state index in [1.165, 1.54) is 22.7 Å². The first-order valence-corrected chi connectivity index (χ1v) is 8.74. The van der Waals surface area contributed by atoms with E-state index in [4.69, 9.17) is 0 Å². The maximum absolute atomic E-state index is 12.2. The molecule has 2 N–H and O–H groups in total. The van der Waals surface area contributed by atoms with Crippen LogP contribution in [0, 0.1) is 0 Å². The Kier molecular flexibility index (Phi) is 4.60. The standard InChI is InChI=1S/C14H17N5O2S2/c1-9-16-12(20)11(22-9)7-10-8-15-13(23-10)17-14(21)19-5-3-18(2)4-6-19/h7-8H,1,3-6H2,2H3,(H,16,20)(H,15,17,21)/b11-7-. The van der Waals surface area contributed by atoms with E-state index in [0.29, 0.717) is 27.4 Å². The molecule has 0 atom stereocenters. The number of carbonyl (C=O) groups is 1. The molecule has 0 unspecified atom stereocenters. The number of amides is 2. The molecule has 0 aliphatic carbocycles. The van der Waals surface area contributed by atoms with Crippen LogP contribution in [0.3, 0.4) is 0 Å². The molecular formula is C14H17N5O2S2. The molecule has 1 fully saturated rings. The van der Waals surface area contributed by atoms with E-state index in [1.807, 2.05) is 7.05 Å². The quantitative estimate of drug-likeness (QED) is 0.792. The molecule has 7 nitrogen and oxygen atoms in total. The second kappa shape index (κ2) is 6.65. The highest BCUT2D eigenvalue weighted by Gasteiger charge is 2.19. The van der Waals surface area contributed by atoms with E-state index in [2.05, 4.69) is 26.8 Å². The molecule has 23 heavy (non-hydrogen) atoms. The fourth-order valence-corrected chi connectivity index (χ4v) is 3.77. The summed E-state index contributed by atoms with van der Waals surface area (Å²) in [6, 6.07) is -0.131. The average Bonchev–Trinajstić information content (AvgIpc) is 3.06. The number of aromatic amines is 1. The third-order valence-corrected chi connectivity index (χ3v) is 5.24. The number of nitrogens with zero attached hydrogens (tertiary/aromatic N) is 3. The minimum absolute atomic E-state index is 0.131. The number of hydrogen-bond acceptors (Lipinski definition) is 6. The molecule has 9 heteroatoms. The molecule has 0 bridgehead atoms. The van der Waals surface area contributed by atoms with Crippen molar-refractivity contribution in [2.45, 2.75) is 0 Å². The van der Waals surface area contributed by atoms with E-state index >= 15 is 0 Å². The lowest BCUT2D eigenvalue weighted by Gasteiger charge is -2.32. The van der Waals surface area contributed by atoms with Gasteiger partial charge in [0.05, 0.1) is 14.1 Å². The van der Waals surface area contributed by atoms with Crippen LogP contribution in [-0.2, 0) is 0 Å². The monoisotopic (exact) mass is 351 g/mol. The minimum atomic E-state index is -0.156. The first-order chi connectivity index (χ1) is 11.0. The lowest BCUT2D eigenvalue weighted by Crippen LogP contribution is -2.48. The van der Waals surface area contributed by atoms with Crippen molar-refractivity contribution in [2.75, 3.05) is 38.5 Å². The Morgan fingerprint density at radius 3 is 2.78 bits per heavy atom. The number of urea groups is 1. The number of H-pyrrole nitrogens is 1. The van der Waals surface area contributed by atoms with Crippen LogP contribution in [0.4, 0.5) is 9.93 Å². The lowest BCUT2D eigenvalue weighted by atomic mass is 10.3. The van der Waals surface area contributed by atoms with E-state index < -0.39 is 0 Å². The number of carbonyl (C=O) groups excluding carboxylic acids is 1. The van der Waals surface area contributed by atoms with Gasteiger partial charge in [-0.15, -0.1) is 11.3 Å². The molecule has 122 valence electrons. The second-order valence-electron chi connectivity index (χ2n) is 5.28. The minimum Gasteiger partial charge on any atom is -0.322 e. The van der Waals surface area contributed by atoms with E-state index in [0.717, 1.165) is 18.0 Å². The van der Waals surface area contributed by atoms with Gasteiger partial charge in [-0.3, -0.25) is 10.1 Å². The molecular weight excluding hydrogens is 334 g/mol. The first kappa shape index (κ1) is 15.9. The first-order valence-electron chi connectivity index (χ1n) is 7.11. The number of thiazole rings is 2. The molecule has 3 heterocycles. The molecule has 2 amide bonds. The normalized spacial score (nSPS) is 16.7. The number of likely N-dealkylation sites (N-methyl/N-ethyl adjacent to an activating group) is 1. The molecule has 0 saturated carbocycles. The van der Waals surface area contributed by atoms with Gasteiger partial charge in [0.1, 0.15) is 0 Å². The molecule has 0 radical (unpaired) electrons. The Bertz CT molecular complexity index is 860. The van der Waals surface area contributed by atoms with Gasteiger partial charge in [0.15, 0.2) is 5.13 Å². The summed E-state index contributed by atoms with van der Waals surface area (Å²) in [5, 5.41) is 3.34. The second-order valence-corrected chi connectivity index (χ2v) is 7.48. The van der Waals surface area contributed by atoms with Gasteiger partial charge in [-0.1, -0.05) is 17.9 Å². The Labute approximate surface area is 140 Å². The van der Waals surface area contributed by atoms with E-state index in [1.54, 1.807) is 17.2 Å². The van der Waals surface area contributed by atoms with Crippen LogP contribution >= 0.6 is 22.7 Å². The maximum atomic E-state index is 12.2. The van der Waals surface area contributed by atoms with Crippen molar-refractivity contribution in [3.8, 4) is 0 Å². The molecule has 1 aliphatic heterocycles. The number of anilines is 1. The van der Waals surface area contributed by atoms with Crippen LogP contribution in [-0.4, -0.2) is 59.0 Å². The smallest absolute Gasteiger partial charge is 0.322 e. The summed E-state index contributed by atoms with van der Waals surface area (Å²) in [5.74, 6) is 0. The molecule has 2 aromatic rings. The summed E-state index contributed by atoms with van der Waals surface area (Å²) in [6.45, 7) is 6.88. The van der Waals surface area contributed by atoms with Crippen molar-refractivity contribution in [3.05, 3.63) is 30.6 Å². The molecule has 3 rings (SSSR count). The van der Waals surface area contributed by atoms with Crippen molar-refractivity contribution >= 4 is 46.5 Å². The zero-order chi connectivity index (χ0) is 16.4. The van der Waals surface area contributed by atoms with Gasteiger partial charge in [-0.2, -0.15) is 0 Å². The zero-order valence-electron chi connectivity index (χ0n) is 12.7. The summed E-state index contributed by atoms with van der Waals surface area (Å²) in [7, 11) is 2.04. The highest BCUT2D eigenvalue weighted by Crippen LogP contribution is 2.19. The summed E-state index contributed by atoms with van der Waals surface area (Å²) in [4.78, 5) is 35.5.